The number of quaternary nitrogens is 1. The highest BCUT2D eigenvalue weighted by Crippen LogP contribution is 2.37. The lowest BCUT2D eigenvalue weighted by Crippen LogP contribution is -3.13. The zero-order valence-electron chi connectivity index (χ0n) is 18.7. The first kappa shape index (κ1) is 21.2. The van der Waals surface area contributed by atoms with Gasteiger partial charge in [0.25, 0.3) is 5.56 Å². The number of benzene rings is 2. The first-order chi connectivity index (χ1) is 16.0. The first-order valence-corrected chi connectivity index (χ1v) is 11.4. The average Bonchev–Trinajstić information content (AvgIpc) is 2.80. The van der Waals surface area contributed by atoms with E-state index in [1.165, 1.54) is 17.4 Å². The number of nitrogens with one attached hydrogen (secondary N) is 2. The lowest BCUT2D eigenvalue weighted by Gasteiger charge is -2.41. The highest BCUT2D eigenvalue weighted by Gasteiger charge is 2.38. The Hall–Kier alpha value is -3.69. The van der Waals surface area contributed by atoms with Crippen LogP contribution in [0.2, 0.25) is 0 Å². The molecule has 1 amide bonds. The Balaban J connectivity index is 1.45. The number of rotatable bonds is 4. The Bertz CT molecular complexity index is 1300. The highest BCUT2D eigenvalue weighted by atomic mass is 16.1. The number of likely N-dealkylation sites (tertiary alicyclic amines) is 1. The Morgan fingerprint density at radius 2 is 1.97 bits per heavy atom. The molecule has 1 fully saturated rings. The molecule has 3 atom stereocenters. The zero-order chi connectivity index (χ0) is 22.9. The molecule has 2 aromatic carbocycles. The van der Waals surface area contributed by atoms with Crippen molar-refractivity contribution in [2.24, 2.45) is 5.92 Å². The van der Waals surface area contributed by atoms with E-state index >= 15 is 0 Å². The third-order valence-electron chi connectivity index (χ3n) is 6.81. The molecule has 2 bridgehead atoms. The molecule has 0 saturated carbocycles. The molecule has 1 saturated heterocycles. The van der Waals surface area contributed by atoms with Crippen LogP contribution in [0.5, 0.6) is 0 Å². The van der Waals surface area contributed by atoms with Crippen molar-refractivity contribution in [3.63, 3.8) is 0 Å². The topological polar surface area (TPSA) is 79.3 Å². The van der Waals surface area contributed by atoms with Crippen LogP contribution < -0.4 is 15.8 Å². The second-order valence-corrected chi connectivity index (χ2v) is 9.29. The van der Waals surface area contributed by atoms with E-state index in [1.54, 1.807) is 6.07 Å². The lowest BCUT2D eigenvalue weighted by atomic mass is 9.80. The number of carbonyl (C=O) groups excluding carboxylic acids is 1. The number of amides is 1. The van der Waals surface area contributed by atoms with Gasteiger partial charge in [-0.15, -0.1) is 0 Å². The van der Waals surface area contributed by atoms with E-state index in [4.69, 9.17) is 0 Å². The van der Waals surface area contributed by atoms with Crippen molar-refractivity contribution in [2.45, 2.75) is 32.4 Å². The smallest absolute Gasteiger partial charge is 0.250 e. The van der Waals surface area contributed by atoms with Gasteiger partial charge in [-0.05, 0) is 42.3 Å². The van der Waals surface area contributed by atoms with E-state index in [9.17, 15) is 14.9 Å². The number of nitriles is 1. The number of piperidine rings is 1. The summed E-state index contributed by atoms with van der Waals surface area (Å²) in [5.41, 5.74) is 6.01. The Labute approximate surface area is 193 Å². The van der Waals surface area contributed by atoms with Crippen molar-refractivity contribution in [3.05, 3.63) is 87.8 Å². The van der Waals surface area contributed by atoms with Crippen LogP contribution in [0.15, 0.2) is 65.5 Å². The van der Waals surface area contributed by atoms with E-state index in [-0.39, 0.29) is 11.5 Å². The maximum atomic E-state index is 12.8. The third-order valence-corrected chi connectivity index (χ3v) is 6.81. The van der Waals surface area contributed by atoms with E-state index in [0.717, 1.165) is 55.1 Å². The van der Waals surface area contributed by atoms with Crippen LogP contribution in [0.1, 0.15) is 36.1 Å². The van der Waals surface area contributed by atoms with Gasteiger partial charge >= 0.3 is 0 Å². The maximum absolute atomic E-state index is 12.8. The second kappa shape index (κ2) is 8.68. The molecule has 2 N–H and O–H groups in total. The molecule has 6 heteroatoms. The quantitative estimate of drug-likeness (QED) is 0.656. The monoisotopic (exact) mass is 439 g/mol. The van der Waals surface area contributed by atoms with Crippen molar-refractivity contribution in [2.75, 3.05) is 18.4 Å². The number of hydrogen-bond donors (Lipinski definition) is 2. The van der Waals surface area contributed by atoms with Gasteiger partial charge in [-0.3, -0.25) is 9.59 Å². The summed E-state index contributed by atoms with van der Waals surface area (Å²) in [5.74, 6) is 0.689. The van der Waals surface area contributed by atoms with Gasteiger partial charge in [0.1, 0.15) is 6.54 Å². The number of pyridine rings is 1. The molecular weight excluding hydrogens is 412 g/mol. The van der Waals surface area contributed by atoms with Gasteiger partial charge in [-0.1, -0.05) is 24.3 Å². The molecule has 0 radical (unpaired) electrons. The summed E-state index contributed by atoms with van der Waals surface area (Å²) in [6.45, 7) is 5.14. The number of anilines is 1. The summed E-state index contributed by atoms with van der Waals surface area (Å²) in [7, 11) is 0. The number of carbonyl (C=O) groups is 1. The van der Waals surface area contributed by atoms with E-state index in [1.807, 2.05) is 53.1 Å². The molecule has 3 heterocycles. The minimum absolute atomic E-state index is 0.0727. The summed E-state index contributed by atoms with van der Waals surface area (Å²) < 4.78 is 1.99. The van der Waals surface area contributed by atoms with Gasteiger partial charge < -0.3 is 14.8 Å². The van der Waals surface area contributed by atoms with Crippen molar-refractivity contribution >= 4 is 11.6 Å². The van der Waals surface area contributed by atoms with Crippen LogP contribution in [0.25, 0.3) is 11.1 Å². The Kier molecular flexibility index (Phi) is 5.57. The molecule has 2 aliphatic heterocycles. The van der Waals surface area contributed by atoms with Crippen LogP contribution in [-0.4, -0.2) is 23.6 Å². The molecule has 0 spiro atoms. The second-order valence-electron chi connectivity index (χ2n) is 9.29. The van der Waals surface area contributed by atoms with Gasteiger partial charge in [0.2, 0.25) is 5.91 Å². The van der Waals surface area contributed by atoms with Crippen LogP contribution in [0.4, 0.5) is 5.69 Å². The minimum Gasteiger partial charge on any atom is -0.330 e. The van der Waals surface area contributed by atoms with E-state index in [0.29, 0.717) is 17.4 Å². The normalized spacial score (nSPS) is 21.0. The fourth-order valence-corrected chi connectivity index (χ4v) is 5.60. The number of nitrogens with zero attached hydrogens (tertiary/aromatic N) is 2. The molecule has 1 unspecified atom stereocenters. The molecular formula is C27H27N4O2+. The summed E-state index contributed by atoms with van der Waals surface area (Å²) in [5, 5.41) is 12.0. The standard InChI is InChI=1S/C27H26N4O2/c1-18(32)29-24-7-5-22(6-8-24)25-9-10-26(33)31-16-21-12-23(27(25)31)17-30(15-21)14-20-4-2-3-19(11-20)13-28/h2-11,21,23H,12,14-17H2,1H3,(H,29,32)/p+1/t21-,23+/m0/s1. The summed E-state index contributed by atoms with van der Waals surface area (Å²) in [6.07, 6.45) is 1.10. The number of aromatic nitrogens is 1. The Morgan fingerprint density at radius 1 is 1.15 bits per heavy atom. The molecule has 1 aromatic heterocycles. The fraction of sp³-hybridized carbons (Fsp3) is 0.296. The molecule has 6 nitrogen and oxygen atoms in total. The summed E-state index contributed by atoms with van der Waals surface area (Å²) >= 11 is 0. The van der Waals surface area contributed by atoms with Gasteiger partial charge in [-0.25, -0.2) is 0 Å². The minimum atomic E-state index is -0.0944. The maximum Gasteiger partial charge on any atom is 0.250 e. The first-order valence-electron chi connectivity index (χ1n) is 11.4. The van der Waals surface area contributed by atoms with Gasteiger partial charge in [0, 0.05) is 53.9 Å². The van der Waals surface area contributed by atoms with Crippen molar-refractivity contribution in [1.82, 2.24) is 4.57 Å². The lowest BCUT2D eigenvalue weighted by molar-refractivity contribution is -0.924. The number of hydrogen-bond acceptors (Lipinski definition) is 3. The largest absolute Gasteiger partial charge is 0.330 e. The fourth-order valence-electron chi connectivity index (χ4n) is 5.60. The predicted molar refractivity (Wildman–Crippen MR) is 127 cm³/mol. The van der Waals surface area contributed by atoms with Gasteiger partial charge in [-0.2, -0.15) is 5.26 Å². The van der Waals surface area contributed by atoms with Crippen molar-refractivity contribution in [1.29, 1.82) is 5.26 Å². The molecule has 5 rings (SSSR count). The third kappa shape index (κ3) is 4.33. The van der Waals surface area contributed by atoms with Crippen LogP contribution >= 0.6 is 0 Å². The average molecular weight is 440 g/mol. The summed E-state index contributed by atoms with van der Waals surface area (Å²) in [4.78, 5) is 25.6. The van der Waals surface area contributed by atoms with E-state index in [2.05, 4.69) is 17.5 Å². The Morgan fingerprint density at radius 3 is 2.73 bits per heavy atom. The molecule has 0 aliphatic carbocycles. The highest BCUT2D eigenvalue weighted by molar-refractivity contribution is 5.89. The van der Waals surface area contributed by atoms with Crippen molar-refractivity contribution < 1.29 is 9.69 Å². The predicted octanol–water partition coefficient (Wildman–Crippen LogP) is 2.55. The summed E-state index contributed by atoms with van der Waals surface area (Å²) in [6, 6.07) is 21.6. The van der Waals surface area contributed by atoms with Gasteiger partial charge in [0.15, 0.2) is 0 Å². The van der Waals surface area contributed by atoms with Crippen LogP contribution in [-0.2, 0) is 17.9 Å². The zero-order valence-corrected chi connectivity index (χ0v) is 18.7. The molecule has 3 aromatic rings. The molecule has 166 valence electrons. The molecule has 2 aliphatic rings. The van der Waals surface area contributed by atoms with E-state index < -0.39 is 0 Å². The SMILES string of the molecule is CC(=O)Nc1ccc(-c2ccc(=O)n3c2[C@@H]2C[C@H](C3)C[NH+](Cc3cccc(C#N)c3)C2)cc1. The van der Waals surface area contributed by atoms with Gasteiger partial charge in [0.05, 0.1) is 24.7 Å². The van der Waals surface area contributed by atoms with Crippen LogP contribution in [0, 0.1) is 17.2 Å². The van der Waals surface area contributed by atoms with Crippen molar-refractivity contribution in [3.8, 4) is 17.2 Å². The molecule has 33 heavy (non-hydrogen) atoms. The number of fused-ring (bicyclic) bond motifs is 4. The van der Waals surface area contributed by atoms with Crippen LogP contribution in [0.3, 0.4) is 0 Å².